The second-order valence-electron chi connectivity index (χ2n) is 12.6. The first kappa shape index (κ1) is 27.9. The van der Waals surface area contributed by atoms with Crippen molar-refractivity contribution in [1.82, 2.24) is 9.55 Å². The molecule has 7 rings (SSSR count). The van der Waals surface area contributed by atoms with Crippen LogP contribution < -0.4 is 0 Å². The maximum absolute atomic E-state index is 6.22. The van der Waals surface area contributed by atoms with Gasteiger partial charge in [0.25, 0.3) is 0 Å². The monoisotopic (exact) mass is 574 g/mol. The van der Waals surface area contributed by atoms with Crippen LogP contribution in [0.2, 0.25) is 0 Å². The summed E-state index contributed by atoms with van der Waals surface area (Å²) in [5, 5.41) is 1.07. The summed E-state index contributed by atoms with van der Waals surface area (Å²) in [6.07, 6.45) is 1.89. The van der Waals surface area contributed by atoms with Gasteiger partial charge in [0.2, 0.25) is 0 Å². The Morgan fingerprint density at radius 1 is 0.636 bits per heavy atom. The van der Waals surface area contributed by atoms with E-state index in [-0.39, 0.29) is 0 Å². The summed E-state index contributed by atoms with van der Waals surface area (Å²) in [5.41, 5.74) is 15.3. The number of rotatable bonds is 6. The van der Waals surface area contributed by atoms with Crippen molar-refractivity contribution in [2.24, 2.45) is 0 Å². The number of furan rings is 1. The fourth-order valence-corrected chi connectivity index (χ4v) is 6.68. The van der Waals surface area contributed by atoms with Gasteiger partial charge in [-0.2, -0.15) is 0 Å². The van der Waals surface area contributed by atoms with E-state index in [1.807, 2.05) is 6.26 Å². The van der Waals surface area contributed by atoms with Crippen molar-refractivity contribution >= 4 is 22.0 Å². The Bertz CT molecular complexity index is 2090. The quantitative estimate of drug-likeness (QED) is 0.198. The first-order valence-corrected chi connectivity index (χ1v) is 15.6. The molecule has 3 nitrogen and oxygen atoms in total. The molecular formula is C41H38N2O. The molecule has 0 radical (unpaired) electrons. The van der Waals surface area contributed by atoms with E-state index < -0.39 is 0 Å². The number of para-hydroxylation sites is 2. The normalized spacial score (nSPS) is 11.8. The van der Waals surface area contributed by atoms with E-state index in [0.29, 0.717) is 11.8 Å². The lowest BCUT2D eigenvalue weighted by molar-refractivity contribution is 0.616. The van der Waals surface area contributed by atoms with Gasteiger partial charge in [0.05, 0.1) is 22.3 Å². The molecule has 218 valence electrons. The van der Waals surface area contributed by atoms with Crippen molar-refractivity contribution < 1.29 is 4.42 Å². The van der Waals surface area contributed by atoms with Crippen molar-refractivity contribution in [2.45, 2.75) is 53.4 Å². The van der Waals surface area contributed by atoms with Gasteiger partial charge in [-0.1, -0.05) is 94.4 Å². The van der Waals surface area contributed by atoms with E-state index in [2.05, 4.69) is 149 Å². The van der Waals surface area contributed by atoms with Gasteiger partial charge >= 0.3 is 0 Å². The largest absolute Gasteiger partial charge is 0.464 e. The maximum atomic E-state index is 6.22. The van der Waals surface area contributed by atoms with Gasteiger partial charge in [-0.15, -0.1) is 0 Å². The SMILES string of the molecule is Cc1cccc(C)c1-c1ccc2occ(-c3nc4ccccc4n3-c3c(C(C)C)cc(-c4ccccc4)cc3C(C)C)c2c1. The number of nitrogens with zero attached hydrogens (tertiary/aromatic N) is 2. The lowest BCUT2D eigenvalue weighted by Gasteiger charge is -2.24. The average Bonchev–Trinajstić information content (AvgIpc) is 3.61. The zero-order chi connectivity index (χ0) is 30.5. The summed E-state index contributed by atoms with van der Waals surface area (Å²) in [7, 11) is 0. The predicted molar refractivity (Wildman–Crippen MR) is 185 cm³/mol. The van der Waals surface area contributed by atoms with E-state index in [9.17, 15) is 0 Å². The fraction of sp³-hybridized carbons (Fsp3) is 0.195. The van der Waals surface area contributed by atoms with Gasteiger partial charge in [-0.25, -0.2) is 4.98 Å². The second-order valence-corrected chi connectivity index (χ2v) is 12.6. The lowest BCUT2D eigenvalue weighted by Crippen LogP contribution is -2.09. The summed E-state index contributed by atoms with van der Waals surface area (Å²) >= 11 is 0. The van der Waals surface area contributed by atoms with E-state index >= 15 is 0 Å². The minimum atomic E-state index is 0.303. The molecule has 0 atom stereocenters. The molecule has 0 N–H and O–H groups in total. The first-order valence-electron chi connectivity index (χ1n) is 15.6. The number of aromatic nitrogens is 2. The molecule has 0 bridgehead atoms. The molecule has 3 heteroatoms. The number of benzene rings is 5. The van der Waals surface area contributed by atoms with Crippen LogP contribution in [0.4, 0.5) is 0 Å². The zero-order valence-corrected chi connectivity index (χ0v) is 26.3. The summed E-state index contributed by atoms with van der Waals surface area (Å²) in [6.45, 7) is 13.5. The van der Waals surface area contributed by atoms with Crippen LogP contribution in [0.3, 0.4) is 0 Å². The smallest absolute Gasteiger partial charge is 0.149 e. The molecule has 2 heterocycles. The van der Waals surface area contributed by atoms with Gasteiger partial charge in [-0.3, -0.25) is 4.57 Å². The molecule has 0 spiro atoms. The van der Waals surface area contributed by atoms with Crippen LogP contribution in [0, 0.1) is 13.8 Å². The number of fused-ring (bicyclic) bond motifs is 2. The highest BCUT2D eigenvalue weighted by Crippen LogP contribution is 2.42. The van der Waals surface area contributed by atoms with Crippen LogP contribution in [0.5, 0.6) is 0 Å². The minimum Gasteiger partial charge on any atom is -0.464 e. The van der Waals surface area contributed by atoms with Crippen LogP contribution in [0.15, 0.2) is 114 Å². The van der Waals surface area contributed by atoms with Crippen LogP contribution in [0.25, 0.3) is 61.3 Å². The highest BCUT2D eigenvalue weighted by Gasteiger charge is 2.25. The summed E-state index contributed by atoms with van der Waals surface area (Å²) in [6, 6.07) is 37.0. The number of hydrogen-bond acceptors (Lipinski definition) is 2. The van der Waals surface area contributed by atoms with E-state index in [4.69, 9.17) is 9.40 Å². The van der Waals surface area contributed by atoms with Crippen molar-refractivity contribution in [1.29, 1.82) is 0 Å². The molecule has 44 heavy (non-hydrogen) atoms. The van der Waals surface area contributed by atoms with Gasteiger partial charge in [0, 0.05) is 5.39 Å². The molecule has 2 aromatic heterocycles. The Kier molecular flexibility index (Phi) is 6.97. The first-order chi connectivity index (χ1) is 21.3. The summed E-state index contributed by atoms with van der Waals surface area (Å²) < 4.78 is 8.61. The number of imidazole rings is 1. The molecule has 0 unspecified atom stereocenters. The van der Waals surface area contributed by atoms with Crippen LogP contribution >= 0.6 is 0 Å². The topological polar surface area (TPSA) is 31.0 Å². The van der Waals surface area contributed by atoms with Crippen LogP contribution in [0.1, 0.15) is 61.8 Å². The Morgan fingerprint density at radius 3 is 1.98 bits per heavy atom. The van der Waals surface area contributed by atoms with Gasteiger partial charge in [0.1, 0.15) is 17.7 Å². The second kappa shape index (κ2) is 11.0. The summed E-state index contributed by atoms with van der Waals surface area (Å²) in [4.78, 5) is 5.30. The maximum Gasteiger partial charge on any atom is 0.149 e. The van der Waals surface area contributed by atoms with Crippen molar-refractivity contribution in [3.05, 3.63) is 132 Å². The number of aryl methyl sites for hydroxylation is 2. The third kappa shape index (κ3) is 4.64. The standard InChI is InChI=1S/C41H38N2O/c1-25(2)32-22-31(29-15-8-7-9-16-29)23-33(26(3)4)40(32)43-37-18-11-10-17-36(37)42-41(43)35-24-44-38-20-19-30(21-34(35)38)39-27(5)13-12-14-28(39)6/h7-26H,1-6H3. The van der Waals surface area contributed by atoms with Crippen molar-refractivity contribution in [3.8, 4) is 39.3 Å². The van der Waals surface area contributed by atoms with E-state index in [1.54, 1.807) is 0 Å². The van der Waals surface area contributed by atoms with E-state index in [1.165, 1.54) is 50.2 Å². The zero-order valence-electron chi connectivity index (χ0n) is 26.3. The molecular weight excluding hydrogens is 536 g/mol. The lowest BCUT2D eigenvalue weighted by atomic mass is 9.88. The van der Waals surface area contributed by atoms with Gasteiger partial charge < -0.3 is 4.42 Å². The Labute approximate surface area is 259 Å². The highest BCUT2D eigenvalue weighted by atomic mass is 16.3. The number of hydrogen-bond donors (Lipinski definition) is 0. The van der Waals surface area contributed by atoms with Crippen LogP contribution in [-0.4, -0.2) is 9.55 Å². The molecule has 0 fully saturated rings. The third-order valence-electron chi connectivity index (χ3n) is 8.89. The van der Waals surface area contributed by atoms with Crippen molar-refractivity contribution in [2.75, 3.05) is 0 Å². The van der Waals surface area contributed by atoms with Crippen molar-refractivity contribution in [3.63, 3.8) is 0 Å². The van der Waals surface area contributed by atoms with E-state index in [0.717, 1.165) is 33.4 Å². The molecule has 0 aliphatic rings. The summed E-state index contributed by atoms with van der Waals surface area (Å²) in [5.74, 6) is 1.51. The minimum absolute atomic E-state index is 0.303. The Morgan fingerprint density at radius 2 is 1.30 bits per heavy atom. The Hall–Kier alpha value is -4.89. The fourth-order valence-electron chi connectivity index (χ4n) is 6.68. The molecule has 0 saturated heterocycles. The molecule has 0 saturated carbocycles. The van der Waals surface area contributed by atoms with Gasteiger partial charge in [-0.05, 0) is 107 Å². The molecule has 0 aliphatic heterocycles. The molecule has 0 aliphatic carbocycles. The third-order valence-corrected chi connectivity index (χ3v) is 8.89. The Balaban J connectivity index is 1.54. The predicted octanol–water partition coefficient (Wildman–Crippen LogP) is 11.6. The molecule has 0 amide bonds. The van der Waals surface area contributed by atoms with Crippen LogP contribution in [-0.2, 0) is 0 Å². The molecule has 7 aromatic rings. The van der Waals surface area contributed by atoms with Gasteiger partial charge in [0.15, 0.2) is 0 Å². The molecule has 5 aromatic carbocycles. The average molecular weight is 575 g/mol. The highest BCUT2D eigenvalue weighted by molar-refractivity contribution is 5.98.